The summed E-state index contributed by atoms with van der Waals surface area (Å²) < 4.78 is 0. The quantitative estimate of drug-likeness (QED) is 0.549. The Bertz CT molecular complexity index is 641. The minimum atomic E-state index is 0.647. The lowest BCUT2D eigenvalue weighted by Gasteiger charge is -2.13. The lowest BCUT2D eigenvalue weighted by Crippen LogP contribution is -2.09. The summed E-state index contributed by atoms with van der Waals surface area (Å²) in [6, 6.07) is 16.2. The molecule has 0 saturated carbocycles. The predicted octanol–water partition coefficient (Wildman–Crippen LogP) is 3.59. The minimum Gasteiger partial charge on any atom is -0.411 e. The van der Waals surface area contributed by atoms with Crippen LogP contribution in [0.4, 0.5) is 0 Å². The summed E-state index contributed by atoms with van der Waals surface area (Å²) in [5.41, 5.74) is 5.14. The van der Waals surface area contributed by atoms with Crippen LogP contribution in [-0.4, -0.2) is 10.9 Å². The van der Waals surface area contributed by atoms with Crippen molar-refractivity contribution in [2.24, 2.45) is 5.16 Å². The standard InChI is InChI=1S/C16H13NO/c18-17-16-11-14-7-2-1-5-12(14)9-10-13-6-3-4-8-15(13)16/h1-10,18H,11H2. The fourth-order valence-electron chi connectivity index (χ4n) is 2.31. The van der Waals surface area contributed by atoms with Gasteiger partial charge in [-0.1, -0.05) is 65.8 Å². The van der Waals surface area contributed by atoms with E-state index in [4.69, 9.17) is 0 Å². The van der Waals surface area contributed by atoms with Gasteiger partial charge < -0.3 is 5.21 Å². The summed E-state index contributed by atoms with van der Waals surface area (Å²) in [7, 11) is 0. The average Bonchev–Trinajstić information content (AvgIpc) is 2.41. The van der Waals surface area contributed by atoms with Crippen molar-refractivity contribution in [3.63, 3.8) is 0 Å². The minimum absolute atomic E-state index is 0.647. The molecule has 2 aromatic carbocycles. The topological polar surface area (TPSA) is 32.6 Å². The first-order valence-corrected chi connectivity index (χ1v) is 5.95. The van der Waals surface area contributed by atoms with E-state index >= 15 is 0 Å². The lowest BCUT2D eigenvalue weighted by atomic mass is 9.92. The maximum atomic E-state index is 9.24. The SMILES string of the molecule is ON=C1Cc2ccccc2C=Cc2ccccc21. The first-order valence-electron chi connectivity index (χ1n) is 5.95. The molecular formula is C16H13NO. The fourth-order valence-corrected chi connectivity index (χ4v) is 2.31. The Balaban J connectivity index is 2.22. The number of hydrogen-bond donors (Lipinski definition) is 1. The molecule has 0 aromatic heterocycles. The average molecular weight is 235 g/mol. The van der Waals surface area contributed by atoms with Crippen LogP contribution in [0.5, 0.6) is 0 Å². The number of rotatable bonds is 0. The summed E-state index contributed by atoms with van der Waals surface area (Å²) in [4.78, 5) is 0. The van der Waals surface area contributed by atoms with Crippen LogP contribution in [0.1, 0.15) is 22.3 Å². The molecule has 0 heterocycles. The summed E-state index contributed by atoms with van der Waals surface area (Å²) in [5.74, 6) is 0. The van der Waals surface area contributed by atoms with Gasteiger partial charge in [0.15, 0.2) is 0 Å². The van der Waals surface area contributed by atoms with Crippen molar-refractivity contribution in [2.45, 2.75) is 6.42 Å². The zero-order chi connectivity index (χ0) is 12.4. The molecule has 0 fully saturated rings. The molecule has 0 saturated heterocycles. The number of oxime groups is 1. The van der Waals surface area contributed by atoms with Crippen LogP contribution in [0.2, 0.25) is 0 Å². The van der Waals surface area contributed by atoms with Gasteiger partial charge in [0.2, 0.25) is 0 Å². The van der Waals surface area contributed by atoms with Crippen LogP contribution in [0.15, 0.2) is 53.7 Å². The number of benzene rings is 2. The van der Waals surface area contributed by atoms with Crippen molar-refractivity contribution in [1.82, 2.24) is 0 Å². The zero-order valence-electron chi connectivity index (χ0n) is 9.88. The fraction of sp³-hybridized carbons (Fsp3) is 0.0625. The first kappa shape index (κ1) is 10.8. The van der Waals surface area contributed by atoms with Gasteiger partial charge in [-0.05, 0) is 16.7 Å². The van der Waals surface area contributed by atoms with Crippen molar-refractivity contribution in [3.8, 4) is 0 Å². The highest BCUT2D eigenvalue weighted by molar-refractivity contribution is 6.06. The van der Waals surface area contributed by atoms with Gasteiger partial charge in [-0.25, -0.2) is 0 Å². The summed E-state index contributed by atoms with van der Waals surface area (Å²) in [5, 5.41) is 12.7. The van der Waals surface area contributed by atoms with Gasteiger partial charge in [0.05, 0.1) is 5.71 Å². The second kappa shape index (κ2) is 4.49. The molecule has 0 aliphatic heterocycles. The third-order valence-corrected chi connectivity index (χ3v) is 3.25. The highest BCUT2D eigenvalue weighted by Crippen LogP contribution is 2.22. The molecule has 1 N–H and O–H groups in total. The van der Waals surface area contributed by atoms with E-state index in [0.717, 1.165) is 11.1 Å². The largest absolute Gasteiger partial charge is 0.411 e. The van der Waals surface area contributed by atoms with Crippen LogP contribution in [0.25, 0.3) is 12.2 Å². The van der Waals surface area contributed by atoms with E-state index in [-0.39, 0.29) is 0 Å². The molecule has 1 aliphatic carbocycles. The Kier molecular flexibility index (Phi) is 2.69. The highest BCUT2D eigenvalue weighted by Gasteiger charge is 2.13. The molecule has 2 aromatic rings. The van der Waals surface area contributed by atoms with Crippen LogP contribution < -0.4 is 0 Å². The van der Waals surface area contributed by atoms with E-state index in [1.54, 1.807) is 0 Å². The molecule has 0 spiro atoms. The smallest absolute Gasteiger partial charge is 0.0917 e. The van der Waals surface area contributed by atoms with E-state index in [9.17, 15) is 5.21 Å². The Morgan fingerprint density at radius 2 is 1.50 bits per heavy atom. The van der Waals surface area contributed by atoms with Crippen LogP contribution >= 0.6 is 0 Å². The van der Waals surface area contributed by atoms with E-state index in [1.807, 2.05) is 36.4 Å². The monoisotopic (exact) mass is 235 g/mol. The molecule has 1 aliphatic rings. The summed E-state index contributed by atoms with van der Waals surface area (Å²) in [6.45, 7) is 0. The molecule has 0 unspecified atom stereocenters. The van der Waals surface area contributed by atoms with Crippen molar-refractivity contribution in [2.75, 3.05) is 0 Å². The third kappa shape index (κ3) is 1.82. The predicted molar refractivity (Wildman–Crippen MR) is 73.8 cm³/mol. The maximum absolute atomic E-state index is 9.24. The Hall–Kier alpha value is -2.35. The molecular weight excluding hydrogens is 222 g/mol. The number of nitrogens with zero attached hydrogens (tertiary/aromatic N) is 1. The molecule has 88 valence electrons. The summed E-state index contributed by atoms with van der Waals surface area (Å²) >= 11 is 0. The Morgan fingerprint density at radius 3 is 2.33 bits per heavy atom. The Labute approximate surface area is 106 Å². The molecule has 18 heavy (non-hydrogen) atoms. The number of fused-ring (bicyclic) bond motifs is 2. The second-order valence-corrected chi connectivity index (χ2v) is 4.34. The van der Waals surface area contributed by atoms with Gasteiger partial charge in [0.25, 0.3) is 0 Å². The second-order valence-electron chi connectivity index (χ2n) is 4.34. The molecule has 0 radical (unpaired) electrons. The lowest BCUT2D eigenvalue weighted by molar-refractivity contribution is 0.318. The van der Waals surface area contributed by atoms with Gasteiger partial charge in [0.1, 0.15) is 0 Å². The highest BCUT2D eigenvalue weighted by atomic mass is 16.4. The normalized spacial score (nSPS) is 15.7. The van der Waals surface area contributed by atoms with Gasteiger partial charge in [0, 0.05) is 12.0 Å². The van der Waals surface area contributed by atoms with E-state index < -0.39 is 0 Å². The van der Waals surface area contributed by atoms with Gasteiger partial charge in [-0.2, -0.15) is 0 Å². The van der Waals surface area contributed by atoms with Crippen LogP contribution in [0, 0.1) is 0 Å². The van der Waals surface area contributed by atoms with Gasteiger partial charge >= 0.3 is 0 Å². The van der Waals surface area contributed by atoms with Crippen LogP contribution in [0.3, 0.4) is 0 Å². The van der Waals surface area contributed by atoms with Gasteiger partial charge in [-0.3, -0.25) is 0 Å². The molecule has 0 amide bonds. The van der Waals surface area contributed by atoms with Crippen molar-refractivity contribution >= 4 is 17.9 Å². The zero-order valence-corrected chi connectivity index (χ0v) is 9.88. The van der Waals surface area contributed by atoms with E-state index in [2.05, 4.69) is 29.4 Å². The summed E-state index contributed by atoms with van der Waals surface area (Å²) in [6.07, 6.45) is 4.83. The molecule has 2 heteroatoms. The molecule has 3 rings (SSSR count). The Morgan fingerprint density at radius 1 is 0.833 bits per heavy atom. The van der Waals surface area contributed by atoms with Crippen LogP contribution in [-0.2, 0) is 6.42 Å². The van der Waals surface area contributed by atoms with Crippen molar-refractivity contribution in [3.05, 3.63) is 70.8 Å². The third-order valence-electron chi connectivity index (χ3n) is 3.25. The molecule has 2 nitrogen and oxygen atoms in total. The molecule has 0 atom stereocenters. The molecule has 0 bridgehead atoms. The maximum Gasteiger partial charge on any atom is 0.0917 e. The van der Waals surface area contributed by atoms with Crippen molar-refractivity contribution in [1.29, 1.82) is 0 Å². The first-order chi connectivity index (χ1) is 8.88. The van der Waals surface area contributed by atoms with Crippen molar-refractivity contribution < 1.29 is 5.21 Å². The van der Waals surface area contributed by atoms with E-state index in [1.165, 1.54) is 11.1 Å². The van der Waals surface area contributed by atoms with E-state index in [0.29, 0.717) is 12.1 Å². The number of hydrogen-bond acceptors (Lipinski definition) is 2. The van der Waals surface area contributed by atoms with Gasteiger partial charge in [-0.15, -0.1) is 0 Å².